The van der Waals surface area contributed by atoms with Gasteiger partial charge in [0.05, 0.1) is 0 Å². The largest absolute Gasteiger partial charge is 0.0742 e. The predicted octanol–water partition coefficient (Wildman–Crippen LogP) is 8.36. The molecule has 0 heterocycles. The number of hydrogen-bond donors (Lipinski definition) is 0. The maximum absolute atomic E-state index is 2.51. The maximum Gasteiger partial charge on any atom is 0.00950 e. The van der Waals surface area contributed by atoms with Crippen molar-refractivity contribution in [2.45, 2.75) is 94.4 Å². The second-order valence-corrected chi connectivity index (χ2v) is 9.32. The molecule has 1 aliphatic rings. The Morgan fingerprint density at radius 2 is 1.56 bits per heavy atom. The van der Waals surface area contributed by atoms with Crippen molar-refractivity contribution in [3.8, 4) is 0 Å². The van der Waals surface area contributed by atoms with Crippen LogP contribution >= 0.6 is 0 Å². The van der Waals surface area contributed by atoms with Crippen molar-refractivity contribution in [2.75, 3.05) is 0 Å². The number of allylic oxidation sites excluding steroid dienone is 6. The Hall–Kier alpha value is -0.780. The van der Waals surface area contributed by atoms with E-state index >= 15 is 0 Å². The molecule has 0 N–H and O–H groups in total. The van der Waals surface area contributed by atoms with Gasteiger partial charge in [0.2, 0.25) is 0 Å². The van der Waals surface area contributed by atoms with Crippen LogP contribution in [0.2, 0.25) is 0 Å². The summed E-state index contributed by atoms with van der Waals surface area (Å²) in [5, 5.41) is 0. The van der Waals surface area contributed by atoms with Gasteiger partial charge in [-0.05, 0) is 47.5 Å². The highest BCUT2D eigenvalue weighted by atomic mass is 14.5. The number of rotatable bonds is 9. The molecule has 3 atom stereocenters. The zero-order valence-corrected chi connectivity index (χ0v) is 18.6. The Morgan fingerprint density at radius 3 is 2.00 bits per heavy atom. The zero-order valence-electron chi connectivity index (χ0n) is 18.6. The summed E-state index contributed by atoms with van der Waals surface area (Å²) in [6.07, 6.45) is 18.4. The molecule has 1 aliphatic carbocycles. The topological polar surface area (TPSA) is 0 Å². The summed E-state index contributed by atoms with van der Waals surface area (Å²) in [6, 6.07) is 0. The molecular formula is C25H44. The monoisotopic (exact) mass is 344 g/mol. The molecule has 25 heavy (non-hydrogen) atoms. The molecule has 0 fully saturated rings. The third kappa shape index (κ3) is 4.50. The first-order valence-electron chi connectivity index (χ1n) is 10.7. The van der Waals surface area contributed by atoms with E-state index < -0.39 is 0 Å². The third-order valence-corrected chi connectivity index (χ3v) is 7.94. The van der Waals surface area contributed by atoms with Crippen LogP contribution in [0.5, 0.6) is 0 Å². The van der Waals surface area contributed by atoms with E-state index in [0.717, 1.165) is 5.92 Å². The van der Waals surface area contributed by atoms with Crippen molar-refractivity contribution in [3.63, 3.8) is 0 Å². The Morgan fingerprint density at radius 1 is 0.960 bits per heavy atom. The lowest BCUT2D eigenvalue weighted by atomic mass is 9.58. The third-order valence-electron chi connectivity index (χ3n) is 7.94. The van der Waals surface area contributed by atoms with Crippen molar-refractivity contribution >= 4 is 0 Å². The van der Waals surface area contributed by atoms with Crippen molar-refractivity contribution in [2.24, 2.45) is 28.1 Å². The van der Waals surface area contributed by atoms with Crippen molar-refractivity contribution < 1.29 is 0 Å². The average Bonchev–Trinajstić information content (AvgIpc) is 2.81. The maximum atomic E-state index is 2.51. The van der Waals surface area contributed by atoms with E-state index in [2.05, 4.69) is 92.7 Å². The minimum Gasteiger partial charge on any atom is -0.0742 e. The molecule has 0 bridgehead atoms. The molecule has 0 aromatic rings. The lowest BCUT2D eigenvalue weighted by molar-refractivity contribution is 0.0941. The van der Waals surface area contributed by atoms with Crippen LogP contribution in [-0.2, 0) is 0 Å². The van der Waals surface area contributed by atoms with Crippen molar-refractivity contribution in [1.82, 2.24) is 0 Å². The molecule has 0 aromatic heterocycles. The SMILES string of the molecule is CCC(CC)CC(C)(CC)C1=CC=CC(C)(C(C)(CC)C(C)C)C=C1. The second kappa shape index (κ2) is 8.74. The molecular weight excluding hydrogens is 300 g/mol. The molecule has 0 spiro atoms. The van der Waals surface area contributed by atoms with Gasteiger partial charge in [-0.3, -0.25) is 0 Å². The number of hydrogen-bond acceptors (Lipinski definition) is 0. The van der Waals surface area contributed by atoms with Crippen molar-refractivity contribution in [1.29, 1.82) is 0 Å². The van der Waals surface area contributed by atoms with Gasteiger partial charge in [0.25, 0.3) is 0 Å². The molecule has 0 radical (unpaired) electrons. The van der Waals surface area contributed by atoms with Crippen molar-refractivity contribution in [3.05, 3.63) is 36.0 Å². The summed E-state index contributed by atoms with van der Waals surface area (Å²) in [5.41, 5.74) is 2.19. The van der Waals surface area contributed by atoms with Gasteiger partial charge >= 0.3 is 0 Å². The average molecular weight is 345 g/mol. The Labute approximate surface area is 158 Å². The molecule has 0 heteroatoms. The molecule has 3 unspecified atom stereocenters. The van der Waals surface area contributed by atoms with Crippen LogP contribution in [0.3, 0.4) is 0 Å². The van der Waals surface area contributed by atoms with Crippen LogP contribution in [0.1, 0.15) is 94.4 Å². The van der Waals surface area contributed by atoms with Crippen LogP contribution in [0, 0.1) is 28.1 Å². The van der Waals surface area contributed by atoms with Gasteiger partial charge in [0.1, 0.15) is 0 Å². The predicted molar refractivity (Wildman–Crippen MR) is 115 cm³/mol. The van der Waals surface area contributed by atoms with E-state index in [1.54, 1.807) is 0 Å². The lowest BCUT2D eigenvalue weighted by Gasteiger charge is -2.46. The Bertz CT molecular complexity index is 502. The van der Waals surface area contributed by atoms with E-state index in [9.17, 15) is 0 Å². The first kappa shape index (κ1) is 22.3. The van der Waals surface area contributed by atoms with E-state index in [1.807, 2.05) is 0 Å². The fourth-order valence-electron chi connectivity index (χ4n) is 4.60. The van der Waals surface area contributed by atoms with Gasteiger partial charge in [-0.2, -0.15) is 0 Å². The van der Waals surface area contributed by atoms with Gasteiger partial charge in [-0.1, -0.05) is 106 Å². The van der Waals surface area contributed by atoms with E-state index in [-0.39, 0.29) is 16.2 Å². The smallest absolute Gasteiger partial charge is 0.00950 e. The summed E-state index contributed by atoms with van der Waals surface area (Å²) in [7, 11) is 0. The minimum atomic E-state index is 0.109. The molecule has 144 valence electrons. The van der Waals surface area contributed by atoms with Crippen LogP contribution in [-0.4, -0.2) is 0 Å². The summed E-state index contributed by atoms with van der Waals surface area (Å²) in [5.74, 6) is 1.48. The summed E-state index contributed by atoms with van der Waals surface area (Å²) < 4.78 is 0. The minimum absolute atomic E-state index is 0.109. The Kier molecular flexibility index (Phi) is 7.78. The highest BCUT2D eigenvalue weighted by molar-refractivity contribution is 5.37. The molecule has 0 nitrogen and oxygen atoms in total. The van der Waals surface area contributed by atoms with E-state index in [4.69, 9.17) is 0 Å². The fraction of sp³-hybridized carbons (Fsp3) is 0.760. The van der Waals surface area contributed by atoms with Crippen LogP contribution in [0.25, 0.3) is 0 Å². The lowest BCUT2D eigenvalue weighted by Crippen LogP contribution is -2.38. The van der Waals surface area contributed by atoms with Gasteiger partial charge < -0.3 is 0 Å². The fourth-order valence-corrected chi connectivity index (χ4v) is 4.60. The first-order valence-corrected chi connectivity index (χ1v) is 10.7. The zero-order chi connectivity index (χ0) is 19.3. The quantitative estimate of drug-likeness (QED) is 0.394. The first-order chi connectivity index (χ1) is 11.6. The highest BCUT2D eigenvalue weighted by Crippen LogP contribution is 2.51. The second-order valence-electron chi connectivity index (χ2n) is 9.32. The van der Waals surface area contributed by atoms with E-state index in [0.29, 0.717) is 5.92 Å². The van der Waals surface area contributed by atoms with Gasteiger partial charge in [0.15, 0.2) is 0 Å². The highest BCUT2D eigenvalue weighted by Gasteiger charge is 2.42. The van der Waals surface area contributed by atoms with E-state index in [1.165, 1.54) is 37.7 Å². The Balaban J connectivity index is 3.19. The molecule has 0 amide bonds. The van der Waals surface area contributed by atoms with Gasteiger partial charge in [-0.15, -0.1) is 0 Å². The molecule has 0 saturated heterocycles. The summed E-state index contributed by atoms with van der Waals surface area (Å²) >= 11 is 0. The van der Waals surface area contributed by atoms with Crippen LogP contribution < -0.4 is 0 Å². The van der Waals surface area contributed by atoms with Crippen LogP contribution in [0.15, 0.2) is 36.0 Å². The molecule has 1 rings (SSSR count). The van der Waals surface area contributed by atoms with Gasteiger partial charge in [0, 0.05) is 5.41 Å². The summed E-state index contributed by atoms with van der Waals surface area (Å²) in [6.45, 7) is 21.5. The van der Waals surface area contributed by atoms with Crippen LogP contribution in [0.4, 0.5) is 0 Å². The normalized spacial score (nSPS) is 25.6. The standard InChI is InChI=1S/C25H44/c1-10-21(11-2)19-23(7,12-3)22-15-14-17-24(8,18-16-22)25(9,13-4)20(5)6/h14-18,20-21H,10-13,19H2,1-9H3. The molecule has 0 saturated carbocycles. The van der Waals surface area contributed by atoms with Gasteiger partial charge in [-0.25, -0.2) is 0 Å². The molecule has 0 aliphatic heterocycles. The molecule has 0 aromatic carbocycles. The summed E-state index contributed by atoms with van der Waals surface area (Å²) in [4.78, 5) is 0.